The van der Waals surface area contributed by atoms with Crippen LogP contribution < -0.4 is 20.3 Å². The summed E-state index contributed by atoms with van der Waals surface area (Å²) in [5, 5.41) is 5.33. The molecule has 0 radical (unpaired) electrons. The summed E-state index contributed by atoms with van der Waals surface area (Å²) in [4.78, 5) is 33.0. The molecule has 1 amide bonds. The second-order valence-corrected chi connectivity index (χ2v) is 9.32. The highest BCUT2D eigenvalue weighted by molar-refractivity contribution is 7.19. The minimum Gasteiger partial charge on any atom is -0.490 e. The highest BCUT2D eigenvalue weighted by atomic mass is 32.1. The lowest BCUT2D eigenvalue weighted by atomic mass is 10.2. The van der Waals surface area contributed by atoms with Crippen LogP contribution >= 0.6 is 22.7 Å². The van der Waals surface area contributed by atoms with Crippen LogP contribution in [-0.2, 0) is 11.3 Å². The summed E-state index contributed by atoms with van der Waals surface area (Å²) in [6.45, 7) is 3.07. The average molecular weight is 454 g/mol. The van der Waals surface area contributed by atoms with E-state index in [2.05, 4.69) is 10.3 Å². The Morgan fingerprint density at radius 3 is 2.84 bits per heavy atom. The zero-order valence-corrected chi connectivity index (χ0v) is 18.3. The molecule has 0 bridgehead atoms. The lowest BCUT2D eigenvalue weighted by Gasteiger charge is -2.11. The molecule has 1 N–H and O–H groups in total. The number of nitrogens with zero attached hydrogens (tertiary/aromatic N) is 2. The Hall–Kier alpha value is -3.17. The maximum Gasteiger partial charge on any atom is 0.263 e. The van der Waals surface area contributed by atoms with E-state index in [9.17, 15) is 9.59 Å². The standard InChI is InChI=1S/C22H19N3O4S2/c1-13-3-6-18(31-13)15-11-30-21-20(15)22(27)25(12-23-21)10-19(26)24-14-4-5-16-17(9-14)29-8-2-7-28-16/h3-6,9,11-12H,2,7-8,10H2,1H3,(H,24,26). The van der Waals surface area contributed by atoms with E-state index in [0.29, 0.717) is 40.6 Å². The van der Waals surface area contributed by atoms with E-state index >= 15 is 0 Å². The van der Waals surface area contributed by atoms with Gasteiger partial charge in [-0.15, -0.1) is 22.7 Å². The molecule has 0 aliphatic carbocycles. The molecule has 0 unspecified atom stereocenters. The van der Waals surface area contributed by atoms with Crippen molar-refractivity contribution in [3.63, 3.8) is 0 Å². The van der Waals surface area contributed by atoms with E-state index in [4.69, 9.17) is 9.47 Å². The van der Waals surface area contributed by atoms with Gasteiger partial charge < -0.3 is 14.8 Å². The molecule has 1 aliphatic rings. The van der Waals surface area contributed by atoms with E-state index in [1.54, 1.807) is 29.5 Å². The first-order valence-electron chi connectivity index (χ1n) is 9.81. The molecule has 5 rings (SSSR count). The minimum absolute atomic E-state index is 0.130. The molecule has 3 aromatic heterocycles. The number of aromatic nitrogens is 2. The van der Waals surface area contributed by atoms with Crippen LogP contribution in [0.4, 0.5) is 5.69 Å². The van der Waals surface area contributed by atoms with E-state index in [0.717, 1.165) is 16.9 Å². The summed E-state index contributed by atoms with van der Waals surface area (Å²) in [7, 11) is 0. The lowest BCUT2D eigenvalue weighted by molar-refractivity contribution is -0.116. The topological polar surface area (TPSA) is 82.5 Å². The molecule has 0 saturated heterocycles. The van der Waals surface area contributed by atoms with E-state index in [1.165, 1.54) is 27.1 Å². The normalized spacial score (nSPS) is 13.2. The number of carbonyl (C=O) groups excluding carboxylic acids is 1. The molecule has 9 heteroatoms. The van der Waals surface area contributed by atoms with Crippen molar-refractivity contribution >= 4 is 44.5 Å². The number of ether oxygens (including phenoxy) is 2. The third-order valence-electron chi connectivity index (χ3n) is 4.91. The molecular weight excluding hydrogens is 434 g/mol. The number of nitrogens with one attached hydrogen (secondary N) is 1. The van der Waals surface area contributed by atoms with Crippen molar-refractivity contribution in [2.45, 2.75) is 19.9 Å². The van der Waals surface area contributed by atoms with E-state index < -0.39 is 0 Å². The smallest absolute Gasteiger partial charge is 0.263 e. The summed E-state index contributed by atoms with van der Waals surface area (Å²) < 4.78 is 12.6. The molecule has 0 atom stereocenters. The van der Waals surface area contributed by atoms with Gasteiger partial charge in [-0.1, -0.05) is 0 Å². The predicted molar refractivity (Wildman–Crippen MR) is 123 cm³/mol. The number of fused-ring (bicyclic) bond motifs is 2. The Morgan fingerprint density at radius 2 is 2.03 bits per heavy atom. The lowest BCUT2D eigenvalue weighted by Crippen LogP contribution is -2.27. The molecule has 158 valence electrons. The van der Waals surface area contributed by atoms with Gasteiger partial charge in [0.25, 0.3) is 5.56 Å². The van der Waals surface area contributed by atoms with Gasteiger partial charge in [0.15, 0.2) is 11.5 Å². The second kappa shape index (κ2) is 8.16. The summed E-state index contributed by atoms with van der Waals surface area (Å²) in [5.41, 5.74) is 1.23. The first kappa shape index (κ1) is 19.8. The van der Waals surface area contributed by atoms with Gasteiger partial charge in [0.05, 0.1) is 24.9 Å². The quantitative estimate of drug-likeness (QED) is 0.498. The highest BCUT2D eigenvalue weighted by Gasteiger charge is 2.16. The number of benzene rings is 1. The average Bonchev–Trinajstić information content (AvgIpc) is 3.30. The minimum atomic E-state index is -0.318. The first-order chi connectivity index (χ1) is 15.1. The number of anilines is 1. The SMILES string of the molecule is Cc1ccc(-c2csc3ncn(CC(=O)Nc4ccc5c(c4)OCCCO5)c(=O)c23)s1. The van der Waals surface area contributed by atoms with Crippen LogP contribution in [0.15, 0.2) is 46.8 Å². The number of amides is 1. The van der Waals surface area contributed by atoms with Crippen LogP contribution in [-0.4, -0.2) is 28.7 Å². The fourth-order valence-corrected chi connectivity index (χ4v) is 5.30. The molecule has 0 spiro atoms. The number of hydrogen-bond acceptors (Lipinski definition) is 7. The van der Waals surface area contributed by atoms with Crippen molar-refractivity contribution in [2.24, 2.45) is 0 Å². The van der Waals surface area contributed by atoms with Crippen molar-refractivity contribution < 1.29 is 14.3 Å². The van der Waals surface area contributed by atoms with Crippen LogP contribution in [0.2, 0.25) is 0 Å². The first-order valence-corrected chi connectivity index (χ1v) is 11.5. The molecule has 31 heavy (non-hydrogen) atoms. The third kappa shape index (κ3) is 3.94. The summed E-state index contributed by atoms with van der Waals surface area (Å²) in [6, 6.07) is 9.30. The maximum atomic E-state index is 13.1. The van der Waals surface area contributed by atoms with Gasteiger partial charge in [0, 0.05) is 38.9 Å². The molecule has 4 heterocycles. The third-order valence-corrected chi connectivity index (χ3v) is 6.83. The van der Waals surface area contributed by atoms with Crippen molar-refractivity contribution in [1.82, 2.24) is 9.55 Å². The zero-order valence-electron chi connectivity index (χ0n) is 16.7. The molecule has 1 aromatic carbocycles. The van der Waals surface area contributed by atoms with E-state index in [1.807, 2.05) is 24.4 Å². The molecule has 0 fully saturated rings. The number of hydrogen-bond donors (Lipinski definition) is 1. The molecule has 4 aromatic rings. The van der Waals surface area contributed by atoms with Crippen molar-refractivity contribution in [1.29, 1.82) is 0 Å². The van der Waals surface area contributed by atoms with Crippen LogP contribution in [0.3, 0.4) is 0 Å². The zero-order chi connectivity index (χ0) is 21.4. The Balaban J connectivity index is 1.39. The van der Waals surface area contributed by atoms with Crippen LogP contribution in [0.1, 0.15) is 11.3 Å². The number of aryl methyl sites for hydroxylation is 1. The van der Waals surface area contributed by atoms with Gasteiger partial charge in [-0.3, -0.25) is 14.2 Å². The summed E-state index contributed by atoms with van der Waals surface area (Å²) >= 11 is 3.07. The van der Waals surface area contributed by atoms with Crippen LogP contribution in [0, 0.1) is 6.92 Å². The fourth-order valence-electron chi connectivity index (χ4n) is 3.44. The van der Waals surface area contributed by atoms with Crippen LogP contribution in [0.25, 0.3) is 20.7 Å². The Kier molecular flexibility index (Phi) is 5.21. The van der Waals surface area contributed by atoms with Crippen LogP contribution in [0.5, 0.6) is 11.5 Å². The van der Waals surface area contributed by atoms with Gasteiger partial charge in [-0.25, -0.2) is 4.98 Å². The predicted octanol–water partition coefficient (Wildman–Crippen LogP) is 4.29. The summed E-state index contributed by atoms with van der Waals surface area (Å²) in [5.74, 6) is 0.946. The van der Waals surface area contributed by atoms with Gasteiger partial charge in [0.2, 0.25) is 5.91 Å². The number of rotatable bonds is 4. The Labute approximate surface area is 185 Å². The van der Waals surface area contributed by atoms with Crippen molar-refractivity contribution in [3.05, 3.63) is 57.3 Å². The monoisotopic (exact) mass is 453 g/mol. The summed E-state index contributed by atoms with van der Waals surface area (Å²) in [6.07, 6.45) is 2.24. The van der Waals surface area contributed by atoms with Gasteiger partial charge in [-0.05, 0) is 31.2 Å². The number of thiophene rings is 2. The molecule has 0 saturated carbocycles. The van der Waals surface area contributed by atoms with E-state index in [-0.39, 0.29) is 18.0 Å². The van der Waals surface area contributed by atoms with Crippen molar-refractivity contribution in [2.75, 3.05) is 18.5 Å². The molecule has 7 nitrogen and oxygen atoms in total. The van der Waals surface area contributed by atoms with Gasteiger partial charge in [0.1, 0.15) is 11.4 Å². The van der Waals surface area contributed by atoms with Gasteiger partial charge in [-0.2, -0.15) is 0 Å². The largest absolute Gasteiger partial charge is 0.490 e. The number of carbonyl (C=O) groups is 1. The Morgan fingerprint density at radius 1 is 1.19 bits per heavy atom. The molecule has 1 aliphatic heterocycles. The molecular formula is C22H19N3O4S2. The highest BCUT2D eigenvalue weighted by Crippen LogP contribution is 2.35. The fraction of sp³-hybridized carbons (Fsp3) is 0.227. The maximum absolute atomic E-state index is 13.1. The Bertz CT molecular complexity index is 1340. The second-order valence-electron chi connectivity index (χ2n) is 7.18. The van der Waals surface area contributed by atoms with Crippen molar-refractivity contribution in [3.8, 4) is 21.9 Å². The van der Waals surface area contributed by atoms with Gasteiger partial charge >= 0.3 is 0 Å².